The zero-order valence-electron chi connectivity index (χ0n) is 16.2. The molecule has 0 radical (unpaired) electrons. The summed E-state index contributed by atoms with van der Waals surface area (Å²) < 4.78 is 17.7. The molecule has 7 heteroatoms. The SMILES string of the molecule is COCCCn1c(-c2ccccc2)nc2oc3cc(OC)ccc3c(=O)c2c1=O. The van der Waals surface area contributed by atoms with E-state index in [9.17, 15) is 9.59 Å². The molecule has 0 bridgehead atoms. The highest BCUT2D eigenvalue weighted by molar-refractivity contribution is 5.88. The molecule has 0 saturated carbocycles. The van der Waals surface area contributed by atoms with Gasteiger partial charge in [-0.1, -0.05) is 30.3 Å². The summed E-state index contributed by atoms with van der Waals surface area (Å²) in [4.78, 5) is 30.9. The predicted molar refractivity (Wildman–Crippen MR) is 111 cm³/mol. The third-order valence-electron chi connectivity index (χ3n) is 4.77. The van der Waals surface area contributed by atoms with Crippen molar-refractivity contribution in [2.24, 2.45) is 0 Å². The molecule has 7 nitrogen and oxygen atoms in total. The van der Waals surface area contributed by atoms with Crippen molar-refractivity contribution >= 4 is 22.1 Å². The van der Waals surface area contributed by atoms with Crippen LogP contribution in [0.1, 0.15) is 6.42 Å². The van der Waals surface area contributed by atoms with Gasteiger partial charge in [-0.05, 0) is 18.6 Å². The zero-order chi connectivity index (χ0) is 20.4. The third kappa shape index (κ3) is 3.40. The predicted octanol–water partition coefficient (Wildman–Crippen LogP) is 3.22. The molecule has 29 heavy (non-hydrogen) atoms. The van der Waals surface area contributed by atoms with Gasteiger partial charge in [-0.25, -0.2) is 0 Å². The van der Waals surface area contributed by atoms with Gasteiger partial charge in [0.1, 0.15) is 17.2 Å². The Morgan fingerprint density at radius 2 is 1.86 bits per heavy atom. The lowest BCUT2D eigenvalue weighted by Gasteiger charge is -2.13. The van der Waals surface area contributed by atoms with E-state index in [-0.39, 0.29) is 11.1 Å². The second kappa shape index (κ2) is 7.89. The van der Waals surface area contributed by atoms with Gasteiger partial charge in [-0.2, -0.15) is 4.98 Å². The lowest BCUT2D eigenvalue weighted by molar-refractivity contribution is 0.190. The molecule has 0 amide bonds. The first-order valence-electron chi connectivity index (χ1n) is 9.24. The summed E-state index contributed by atoms with van der Waals surface area (Å²) in [6, 6.07) is 14.2. The van der Waals surface area contributed by atoms with Crippen LogP contribution in [0.5, 0.6) is 5.75 Å². The van der Waals surface area contributed by atoms with E-state index < -0.39 is 11.0 Å². The molecule has 4 aromatic rings. The van der Waals surface area contributed by atoms with Gasteiger partial charge in [0.15, 0.2) is 5.39 Å². The largest absolute Gasteiger partial charge is 0.497 e. The van der Waals surface area contributed by atoms with Gasteiger partial charge in [0, 0.05) is 31.9 Å². The van der Waals surface area contributed by atoms with Crippen LogP contribution < -0.4 is 15.7 Å². The maximum absolute atomic E-state index is 13.3. The number of ether oxygens (including phenoxy) is 2. The Balaban J connectivity index is 2.04. The molecule has 0 spiro atoms. The summed E-state index contributed by atoms with van der Waals surface area (Å²) in [5.74, 6) is 1.00. The van der Waals surface area contributed by atoms with Gasteiger partial charge >= 0.3 is 0 Å². The normalized spacial score (nSPS) is 11.2. The van der Waals surface area contributed by atoms with Crippen LogP contribution in [0.2, 0.25) is 0 Å². The molecule has 0 unspecified atom stereocenters. The lowest BCUT2D eigenvalue weighted by atomic mass is 10.1. The summed E-state index contributed by atoms with van der Waals surface area (Å²) in [6.45, 7) is 0.866. The number of hydrogen-bond donors (Lipinski definition) is 0. The summed E-state index contributed by atoms with van der Waals surface area (Å²) >= 11 is 0. The van der Waals surface area contributed by atoms with Crippen LogP contribution in [0.3, 0.4) is 0 Å². The van der Waals surface area contributed by atoms with Crippen molar-refractivity contribution in [3.63, 3.8) is 0 Å². The van der Waals surface area contributed by atoms with Crippen LogP contribution in [0, 0.1) is 0 Å². The van der Waals surface area contributed by atoms with Crippen molar-refractivity contribution in [3.8, 4) is 17.1 Å². The molecule has 0 fully saturated rings. The second-order valence-electron chi connectivity index (χ2n) is 6.58. The maximum Gasteiger partial charge on any atom is 0.269 e. The average molecular weight is 392 g/mol. The Labute approximate surface area is 166 Å². The summed E-state index contributed by atoms with van der Waals surface area (Å²) in [7, 11) is 3.14. The zero-order valence-corrected chi connectivity index (χ0v) is 16.2. The van der Waals surface area contributed by atoms with Crippen molar-refractivity contribution in [2.45, 2.75) is 13.0 Å². The molecule has 4 rings (SSSR count). The number of aromatic nitrogens is 2. The minimum Gasteiger partial charge on any atom is -0.497 e. The van der Waals surface area contributed by atoms with Crippen LogP contribution in [0.25, 0.3) is 33.5 Å². The number of methoxy groups -OCH3 is 2. The first-order valence-corrected chi connectivity index (χ1v) is 9.24. The number of nitrogens with zero attached hydrogens (tertiary/aromatic N) is 2. The van der Waals surface area contributed by atoms with Crippen molar-refractivity contribution in [3.05, 3.63) is 69.1 Å². The summed E-state index contributed by atoms with van der Waals surface area (Å²) in [5, 5.41) is 0.257. The Bertz CT molecular complexity index is 1290. The lowest BCUT2D eigenvalue weighted by Crippen LogP contribution is -2.28. The van der Waals surface area contributed by atoms with E-state index in [1.807, 2.05) is 30.3 Å². The molecular formula is C22H20N2O5. The molecule has 0 atom stereocenters. The molecule has 148 valence electrons. The second-order valence-corrected chi connectivity index (χ2v) is 6.58. The minimum absolute atomic E-state index is 0.0163. The highest BCUT2D eigenvalue weighted by Gasteiger charge is 2.19. The maximum atomic E-state index is 13.3. The number of rotatable bonds is 6. The fourth-order valence-corrected chi connectivity index (χ4v) is 3.33. The number of fused-ring (bicyclic) bond motifs is 2. The van der Waals surface area contributed by atoms with Crippen molar-refractivity contribution in [1.29, 1.82) is 0 Å². The topological polar surface area (TPSA) is 83.6 Å². The Morgan fingerprint density at radius 3 is 2.59 bits per heavy atom. The van der Waals surface area contributed by atoms with E-state index in [1.54, 1.807) is 25.3 Å². The Hall–Kier alpha value is -3.45. The van der Waals surface area contributed by atoms with E-state index in [4.69, 9.17) is 13.9 Å². The van der Waals surface area contributed by atoms with Gasteiger partial charge < -0.3 is 13.9 Å². The molecule has 2 aromatic carbocycles. The van der Waals surface area contributed by atoms with Gasteiger partial charge in [0.25, 0.3) is 5.56 Å². The fraction of sp³-hybridized carbons (Fsp3) is 0.227. The van der Waals surface area contributed by atoms with E-state index in [1.165, 1.54) is 11.7 Å². The highest BCUT2D eigenvalue weighted by Crippen LogP contribution is 2.23. The Morgan fingerprint density at radius 1 is 1.07 bits per heavy atom. The van der Waals surface area contributed by atoms with Crippen LogP contribution in [0.15, 0.2) is 62.5 Å². The minimum atomic E-state index is -0.420. The standard InChI is InChI=1S/C22H20N2O5/c1-27-12-6-11-24-20(14-7-4-3-5-8-14)23-21-18(22(24)26)19(25)16-10-9-15(28-2)13-17(16)29-21/h3-5,7-10,13H,6,11-12H2,1-2H3. The molecule has 0 aliphatic heterocycles. The van der Waals surface area contributed by atoms with E-state index in [0.29, 0.717) is 42.1 Å². The smallest absolute Gasteiger partial charge is 0.269 e. The molecule has 2 aromatic heterocycles. The summed E-state index contributed by atoms with van der Waals surface area (Å²) in [6.07, 6.45) is 0.611. The van der Waals surface area contributed by atoms with Crippen LogP contribution in [-0.2, 0) is 11.3 Å². The number of benzene rings is 2. The quantitative estimate of drug-likeness (QED) is 0.370. The first-order chi connectivity index (χ1) is 14.1. The van der Waals surface area contributed by atoms with Gasteiger partial charge in [0.2, 0.25) is 11.1 Å². The van der Waals surface area contributed by atoms with E-state index in [2.05, 4.69) is 4.98 Å². The molecule has 2 heterocycles. The first kappa shape index (κ1) is 18.9. The van der Waals surface area contributed by atoms with Crippen molar-refractivity contribution in [1.82, 2.24) is 9.55 Å². The van der Waals surface area contributed by atoms with Crippen LogP contribution in [0.4, 0.5) is 0 Å². The van der Waals surface area contributed by atoms with Gasteiger partial charge in [0.05, 0.1) is 12.5 Å². The average Bonchev–Trinajstić information content (AvgIpc) is 2.75. The van der Waals surface area contributed by atoms with E-state index in [0.717, 1.165) is 5.56 Å². The molecule has 0 N–H and O–H groups in total. The van der Waals surface area contributed by atoms with Gasteiger partial charge in [-0.3, -0.25) is 14.2 Å². The van der Waals surface area contributed by atoms with Crippen LogP contribution in [-0.4, -0.2) is 30.4 Å². The molecular weight excluding hydrogens is 372 g/mol. The summed E-state index contributed by atoms with van der Waals surface area (Å²) in [5.41, 5.74) is 0.280. The number of hydrogen-bond acceptors (Lipinski definition) is 6. The Kier molecular flexibility index (Phi) is 5.14. The molecule has 0 aliphatic carbocycles. The third-order valence-corrected chi connectivity index (χ3v) is 4.77. The molecule has 0 aliphatic rings. The van der Waals surface area contributed by atoms with Crippen molar-refractivity contribution < 1.29 is 13.9 Å². The monoisotopic (exact) mass is 392 g/mol. The molecule has 0 saturated heterocycles. The van der Waals surface area contributed by atoms with E-state index >= 15 is 0 Å². The fourth-order valence-electron chi connectivity index (χ4n) is 3.33. The van der Waals surface area contributed by atoms with Crippen molar-refractivity contribution in [2.75, 3.05) is 20.8 Å². The highest BCUT2D eigenvalue weighted by atomic mass is 16.5. The van der Waals surface area contributed by atoms with Crippen LogP contribution >= 0.6 is 0 Å². The van der Waals surface area contributed by atoms with Gasteiger partial charge in [-0.15, -0.1) is 0 Å².